The van der Waals surface area contributed by atoms with E-state index in [0.29, 0.717) is 19.0 Å². The van der Waals surface area contributed by atoms with E-state index in [2.05, 4.69) is 34.4 Å². The first-order valence-electron chi connectivity index (χ1n) is 8.19. The average molecular weight is 323 g/mol. The van der Waals surface area contributed by atoms with Crippen LogP contribution in [0, 0.1) is 5.92 Å². The van der Waals surface area contributed by atoms with Gasteiger partial charge < -0.3 is 15.1 Å². The number of hydrogen-bond acceptors (Lipinski definition) is 3. The van der Waals surface area contributed by atoms with Crippen LogP contribution in [0.5, 0.6) is 0 Å². The summed E-state index contributed by atoms with van der Waals surface area (Å²) in [6, 6.07) is -0.694. The fraction of sp³-hybridized carbons (Fsp3) is 0.688. The number of carbonyl (C=O) groups is 2. The number of amides is 4. The lowest BCUT2D eigenvalue weighted by Crippen LogP contribution is -2.47. The van der Waals surface area contributed by atoms with E-state index in [4.69, 9.17) is 0 Å². The number of nitrogens with zero attached hydrogens (tertiary/aromatic N) is 3. The van der Waals surface area contributed by atoms with Gasteiger partial charge in [0.15, 0.2) is 0 Å². The largest absolute Gasteiger partial charge is 0.345 e. The summed E-state index contributed by atoms with van der Waals surface area (Å²) in [5, 5.41) is 5.07. The van der Waals surface area contributed by atoms with E-state index in [0.717, 1.165) is 25.9 Å². The molecule has 0 aromatic carbocycles. The van der Waals surface area contributed by atoms with Crippen molar-refractivity contribution in [2.24, 2.45) is 10.9 Å². The Labute approximate surface area is 138 Å². The summed E-state index contributed by atoms with van der Waals surface area (Å²) in [6.07, 6.45) is 5.82. The summed E-state index contributed by atoms with van der Waals surface area (Å²) in [4.78, 5) is 31.7. The Kier molecular flexibility index (Phi) is 8.32. The molecule has 0 aromatic rings. The van der Waals surface area contributed by atoms with E-state index in [1.807, 2.05) is 13.1 Å². The molecule has 4 amide bonds. The highest BCUT2D eigenvalue weighted by molar-refractivity contribution is 6.07. The second kappa shape index (κ2) is 9.99. The second-order valence-corrected chi connectivity index (χ2v) is 5.90. The lowest BCUT2D eigenvalue weighted by atomic mass is 10.1. The van der Waals surface area contributed by atoms with Gasteiger partial charge >= 0.3 is 12.1 Å². The molecule has 1 unspecified atom stereocenters. The molecular weight excluding hydrogens is 294 g/mol. The Morgan fingerprint density at radius 3 is 2.48 bits per heavy atom. The van der Waals surface area contributed by atoms with Crippen LogP contribution >= 0.6 is 0 Å². The van der Waals surface area contributed by atoms with Crippen molar-refractivity contribution in [2.75, 3.05) is 40.3 Å². The summed E-state index contributed by atoms with van der Waals surface area (Å²) in [7, 11) is 3.56. The molecule has 1 fully saturated rings. The topological polar surface area (TPSA) is 77.0 Å². The highest BCUT2D eigenvalue weighted by Crippen LogP contribution is 2.07. The van der Waals surface area contributed by atoms with Crippen LogP contribution in [0.4, 0.5) is 9.59 Å². The highest BCUT2D eigenvalue weighted by Gasteiger charge is 2.19. The number of hydrogen-bond donors (Lipinski definition) is 2. The van der Waals surface area contributed by atoms with Gasteiger partial charge in [-0.25, -0.2) is 9.59 Å². The number of nitrogens with one attached hydrogen (secondary N) is 2. The first kappa shape index (κ1) is 19.2. The number of amidine groups is 1. The van der Waals surface area contributed by atoms with Crippen LogP contribution in [0.1, 0.15) is 26.7 Å². The fourth-order valence-electron chi connectivity index (χ4n) is 2.26. The SMILES string of the molecule is CCCC(C)/C=C\C(=NC(=O)N1CCN(C)CC1)NC(=O)NC. The zero-order valence-electron chi connectivity index (χ0n) is 14.6. The summed E-state index contributed by atoms with van der Waals surface area (Å²) in [5.41, 5.74) is 0. The van der Waals surface area contributed by atoms with Gasteiger partial charge in [-0.3, -0.25) is 5.32 Å². The molecular formula is C16H29N5O2. The molecule has 1 heterocycles. The molecule has 1 aliphatic rings. The number of urea groups is 2. The van der Waals surface area contributed by atoms with Gasteiger partial charge in [0.25, 0.3) is 0 Å². The zero-order valence-corrected chi connectivity index (χ0v) is 14.6. The van der Waals surface area contributed by atoms with Crippen molar-refractivity contribution in [3.63, 3.8) is 0 Å². The van der Waals surface area contributed by atoms with Crippen LogP contribution in [-0.2, 0) is 0 Å². The first-order valence-corrected chi connectivity index (χ1v) is 8.19. The molecule has 2 N–H and O–H groups in total. The molecule has 0 saturated carbocycles. The third-order valence-electron chi connectivity index (χ3n) is 3.79. The van der Waals surface area contributed by atoms with Crippen LogP contribution in [0.3, 0.4) is 0 Å². The third-order valence-corrected chi connectivity index (χ3v) is 3.79. The van der Waals surface area contributed by atoms with Gasteiger partial charge in [-0.2, -0.15) is 4.99 Å². The van der Waals surface area contributed by atoms with Gasteiger partial charge in [-0.15, -0.1) is 0 Å². The standard InChI is InChI=1S/C16H29N5O2/c1-5-6-13(2)7-8-14(18-15(22)17-3)19-16(23)21-11-9-20(4)10-12-21/h7-8,13H,5-6,9-12H2,1-4H3,(H2,17,18,19,22,23)/b8-7-. The average Bonchev–Trinajstić information content (AvgIpc) is 2.53. The Morgan fingerprint density at radius 1 is 1.26 bits per heavy atom. The van der Waals surface area contributed by atoms with Gasteiger partial charge in [-0.1, -0.05) is 26.3 Å². The monoisotopic (exact) mass is 323 g/mol. The van der Waals surface area contributed by atoms with Crippen molar-refractivity contribution in [3.05, 3.63) is 12.2 Å². The van der Waals surface area contributed by atoms with Crippen LogP contribution in [0.25, 0.3) is 0 Å². The van der Waals surface area contributed by atoms with Crippen molar-refractivity contribution >= 4 is 17.9 Å². The van der Waals surface area contributed by atoms with Crippen molar-refractivity contribution in [1.82, 2.24) is 20.4 Å². The van der Waals surface area contributed by atoms with Gasteiger partial charge in [0.1, 0.15) is 5.84 Å². The molecule has 1 aliphatic heterocycles. The predicted molar refractivity (Wildman–Crippen MR) is 92.7 cm³/mol. The maximum atomic E-state index is 12.3. The molecule has 1 saturated heterocycles. The van der Waals surface area contributed by atoms with E-state index in [1.165, 1.54) is 7.05 Å². The molecule has 23 heavy (non-hydrogen) atoms. The zero-order chi connectivity index (χ0) is 17.2. The van der Waals surface area contributed by atoms with E-state index in [1.54, 1.807) is 11.0 Å². The molecule has 0 bridgehead atoms. The fourth-order valence-corrected chi connectivity index (χ4v) is 2.26. The predicted octanol–water partition coefficient (Wildman–Crippen LogP) is 1.67. The van der Waals surface area contributed by atoms with Crippen LogP contribution < -0.4 is 10.6 Å². The molecule has 0 radical (unpaired) electrons. The summed E-state index contributed by atoms with van der Waals surface area (Å²) >= 11 is 0. The number of aliphatic imine (C=N–C) groups is 1. The minimum atomic E-state index is -0.386. The molecule has 0 spiro atoms. The molecule has 1 rings (SSSR count). The van der Waals surface area contributed by atoms with Crippen LogP contribution in [0.2, 0.25) is 0 Å². The van der Waals surface area contributed by atoms with Crippen LogP contribution in [-0.4, -0.2) is 68.0 Å². The van der Waals surface area contributed by atoms with E-state index in [-0.39, 0.29) is 17.9 Å². The van der Waals surface area contributed by atoms with Gasteiger partial charge in [0.2, 0.25) is 0 Å². The minimum absolute atomic E-state index is 0.274. The Bertz CT molecular complexity index is 453. The number of likely N-dealkylation sites (N-methyl/N-ethyl adjacent to an activating group) is 1. The highest BCUT2D eigenvalue weighted by atomic mass is 16.2. The van der Waals surface area contributed by atoms with Gasteiger partial charge in [0, 0.05) is 33.2 Å². The Morgan fingerprint density at radius 2 is 1.91 bits per heavy atom. The third kappa shape index (κ3) is 7.27. The smallest absolute Gasteiger partial charge is 0.341 e. The van der Waals surface area contributed by atoms with Crippen molar-refractivity contribution in [2.45, 2.75) is 26.7 Å². The lowest BCUT2D eigenvalue weighted by Gasteiger charge is -2.31. The maximum Gasteiger partial charge on any atom is 0.345 e. The number of carbonyl (C=O) groups excluding carboxylic acids is 2. The van der Waals surface area contributed by atoms with E-state index >= 15 is 0 Å². The van der Waals surface area contributed by atoms with Gasteiger partial charge in [-0.05, 0) is 25.5 Å². The number of piperazine rings is 1. The summed E-state index contributed by atoms with van der Waals surface area (Å²) in [6.45, 7) is 7.20. The minimum Gasteiger partial charge on any atom is -0.341 e. The molecule has 7 nitrogen and oxygen atoms in total. The summed E-state index contributed by atoms with van der Waals surface area (Å²) < 4.78 is 0. The summed E-state index contributed by atoms with van der Waals surface area (Å²) in [5.74, 6) is 0.645. The number of rotatable bonds is 4. The first-order chi connectivity index (χ1) is 11.0. The lowest BCUT2D eigenvalue weighted by molar-refractivity contribution is 0.161. The quantitative estimate of drug-likeness (QED) is 0.610. The van der Waals surface area contributed by atoms with Gasteiger partial charge in [0.05, 0.1) is 0 Å². The Hall–Kier alpha value is -1.89. The molecule has 1 atom stereocenters. The van der Waals surface area contributed by atoms with E-state index in [9.17, 15) is 9.59 Å². The van der Waals surface area contributed by atoms with Crippen molar-refractivity contribution < 1.29 is 9.59 Å². The molecule has 7 heteroatoms. The molecule has 130 valence electrons. The van der Waals surface area contributed by atoms with Crippen LogP contribution in [0.15, 0.2) is 17.1 Å². The van der Waals surface area contributed by atoms with Crippen molar-refractivity contribution in [1.29, 1.82) is 0 Å². The Balaban J connectivity index is 2.76. The molecule has 0 aromatic heterocycles. The molecule has 0 aliphatic carbocycles. The van der Waals surface area contributed by atoms with Crippen molar-refractivity contribution in [3.8, 4) is 0 Å². The van der Waals surface area contributed by atoms with E-state index < -0.39 is 0 Å². The number of allylic oxidation sites excluding steroid dienone is 1. The second-order valence-electron chi connectivity index (χ2n) is 5.90. The maximum absolute atomic E-state index is 12.3. The normalized spacial score (nSPS) is 18.1.